The highest BCUT2D eigenvalue weighted by molar-refractivity contribution is 7.99. The van der Waals surface area contributed by atoms with Crippen molar-refractivity contribution in [1.29, 1.82) is 0 Å². The predicted molar refractivity (Wildman–Crippen MR) is 101 cm³/mol. The SMILES string of the molecule is Cc1ccc(C)c(-n2ccnc2SCC(=O)c2ccc3c(c2)OCO3)c1. The van der Waals surface area contributed by atoms with E-state index < -0.39 is 0 Å². The van der Waals surface area contributed by atoms with Crippen LogP contribution in [0.3, 0.4) is 0 Å². The first kappa shape index (κ1) is 16.7. The quantitative estimate of drug-likeness (QED) is 0.500. The molecule has 3 aromatic rings. The molecule has 0 bridgehead atoms. The first-order chi connectivity index (χ1) is 12.6. The van der Waals surface area contributed by atoms with Gasteiger partial charge in [-0.3, -0.25) is 9.36 Å². The summed E-state index contributed by atoms with van der Waals surface area (Å²) in [7, 11) is 0. The van der Waals surface area contributed by atoms with E-state index in [4.69, 9.17) is 9.47 Å². The molecule has 132 valence electrons. The summed E-state index contributed by atoms with van der Waals surface area (Å²) in [5.74, 6) is 1.64. The average molecular weight is 366 g/mol. The summed E-state index contributed by atoms with van der Waals surface area (Å²) < 4.78 is 12.7. The largest absolute Gasteiger partial charge is 0.454 e. The Balaban J connectivity index is 1.51. The Morgan fingerprint density at radius 1 is 1.15 bits per heavy atom. The number of benzene rings is 2. The normalized spacial score (nSPS) is 12.4. The topological polar surface area (TPSA) is 53.4 Å². The van der Waals surface area contributed by atoms with Gasteiger partial charge in [-0.2, -0.15) is 0 Å². The molecular weight excluding hydrogens is 348 g/mol. The molecule has 0 unspecified atom stereocenters. The Kier molecular flexibility index (Phi) is 4.42. The Labute approximate surface area is 156 Å². The van der Waals surface area contributed by atoms with Crippen molar-refractivity contribution in [2.24, 2.45) is 0 Å². The van der Waals surface area contributed by atoms with Gasteiger partial charge in [0.05, 0.1) is 11.4 Å². The van der Waals surface area contributed by atoms with Crippen LogP contribution in [0.5, 0.6) is 11.5 Å². The van der Waals surface area contributed by atoms with Crippen molar-refractivity contribution in [3.05, 3.63) is 65.5 Å². The van der Waals surface area contributed by atoms with Crippen molar-refractivity contribution in [2.75, 3.05) is 12.5 Å². The molecule has 2 aromatic carbocycles. The lowest BCUT2D eigenvalue weighted by molar-refractivity contribution is 0.102. The van der Waals surface area contributed by atoms with Crippen LogP contribution in [0.2, 0.25) is 0 Å². The van der Waals surface area contributed by atoms with Crippen LogP contribution < -0.4 is 9.47 Å². The van der Waals surface area contributed by atoms with E-state index in [9.17, 15) is 4.79 Å². The molecule has 5 nitrogen and oxygen atoms in total. The molecule has 4 rings (SSSR count). The van der Waals surface area contributed by atoms with Gasteiger partial charge in [0.1, 0.15) is 0 Å². The molecule has 0 N–H and O–H groups in total. The summed E-state index contributed by atoms with van der Waals surface area (Å²) in [4.78, 5) is 17.0. The number of hydrogen-bond acceptors (Lipinski definition) is 5. The maximum atomic E-state index is 12.6. The molecule has 0 aliphatic carbocycles. The zero-order valence-electron chi connectivity index (χ0n) is 14.6. The summed E-state index contributed by atoms with van der Waals surface area (Å²) in [6.45, 7) is 4.34. The number of aromatic nitrogens is 2. The summed E-state index contributed by atoms with van der Waals surface area (Å²) >= 11 is 1.43. The van der Waals surface area contributed by atoms with Gasteiger partial charge in [0.25, 0.3) is 0 Å². The van der Waals surface area contributed by atoms with Gasteiger partial charge in [0.2, 0.25) is 6.79 Å². The molecule has 0 radical (unpaired) electrons. The molecule has 0 amide bonds. The minimum Gasteiger partial charge on any atom is -0.454 e. The van der Waals surface area contributed by atoms with E-state index in [-0.39, 0.29) is 12.6 Å². The fourth-order valence-corrected chi connectivity index (χ4v) is 3.70. The number of rotatable bonds is 5. The van der Waals surface area contributed by atoms with Gasteiger partial charge in [-0.1, -0.05) is 23.9 Å². The smallest absolute Gasteiger partial charge is 0.231 e. The number of ketones is 1. The minimum atomic E-state index is 0.0313. The number of fused-ring (bicyclic) bond motifs is 1. The van der Waals surface area contributed by atoms with E-state index in [2.05, 4.69) is 37.0 Å². The second-order valence-corrected chi connectivity index (χ2v) is 7.09. The van der Waals surface area contributed by atoms with Gasteiger partial charge in [-0.15, -0.1) is 0 Å². The molecular formula is C20H18N2O3S. The molecule has 1 aromatic heterocycles. The third-order valence-electron chi connectivity index (χ3n) is 4.26. The number of carbonyl (C=O) groups excluding carboxylic acids is 1. The fraction of sp³-hybridized carbons (Fsp3) is 0.200. The minimum absolute atomic E-state index is 0.0313. The van der Waals surface area contributed by atoms with Crippen molar-refractivity contribution in [1.82, 2.24) is 9.55 Å². The number of aryl methyl sites for hydroxylation is 2. The molecule has 1 aliphatic heterocycles. The van der Waals surface area contributed by atoms with Crippen LogP contribution >= 0.6 is 11.8 Å². The second-order valence-electron chi connectivity index (χ2n) is 6.15. The average Bonchev–Trinajstić information content (AvgIpc) is 3.29. The van der Waals surface area contributed by atoms with Crippen LogP contribution in [0.4, 0.5) is 0 Å². The Morgan fingerprint density at radius 3 is 2.88 bits per heavy atom. The second kappa shape index (κ2) is 6.88. The third-order valence-corrected chi connectivity index (χ3v) is 5.22. The first-order valence-corrected chi connectivity index (χ1v) is 9.27. The molecule has 26 heavy (non-hydrogen) atoms. The molecule has 0 spiro atoms. The van der Waals surface area contributed by atoms with Crippen LogP contribution in [0, 0.1) is 13.8 Å². The lowest BCUT2D eigenvalue weighted by atomic mass is 10.1. The number of imidazole rings is 1. The highest BCUT2D eigenvalue weighted by Crippen LogP contribution is 2.33. The lowest BCUT2D eigenvalue weighted by Crippen LogP contribution is -2.05. The number of hydrogen-bond donors (Lipinski definition) is 0. The summed E-state index contributed by atoms with van der Waals surface area (Å²) in [6.07, 6.45) is 3.68. The van der Waals surface area contributed by atoms with E-state index in [0.29, 0.717) is 22.8 Å². The molecule has 0 atom stereocenters. The Hall–Kier alpha value is -2.73. The number of ether oxygens (including phenoxy) is 2. The van der Waals surface area contributed by atoms with Gasteiger partial charge in [-0.25, -0.2) is 4.98 Å². The van der Waals surface area contributed by atoms with Crippen LogP contribution in [0.25, 0.3) is 5.69 Å². The van der Waals surface area contributed by atoms with Crippen molar-refractivity contribution >= 4 is 17.5 Å². The van der Waals surface area contributed by atoms with Crippen LogP contribution in [0.1, 0.15) is 21.5 Å². The summed E-state index contributed by atoms with van der Waals surface area (Å²) in [5.41, 5.74) is 4.05. The van der Waals surface area contributed by atoms with Crippen molar-refractivity contribution < 1.29 is 14.3 Å². The highest BCUT2D eigenvalue weighted by Gasteiger charge is 2.17. The summed E-state index contributed by atoms with van der Waals surface area (Å²) in [6, 6.07) is 11.6. The summed E-state index contributed by atoms with van der Waals surface area (Å²) in [5, 5.41) is 0.799. The zero-order valence-corrected chi connectivity index (χ0v) is 15.4. The first-order valence-electron chi connectivity index (χ1n) is 8.28. The van der Waals surface area contributed by atoms with Gasteiger partial charge in [-0.05, 0) is 49.2 Å². The number of nitrogens with zero attached hydrogens (tertiary/aromatic N) is 2. The number of carbonyl (C=O) groups is 1. The van der Waals surface area contributed by atoms with E-state index in [1.54, 1.807) is 24.4 Å². The Bertz CT molecular complexity index is 981. The molecule has 0 fully saturated rings. The standard InChI is InChI=1S/C20H18N2O3S/c1-13-3-4-14(2)16(9-13)22-8-7-21-20(22)26-11-17(23)15-5-6-18-19(10-15)25-12-24-18/h3-10H,11-12H2,1-2H3. The number of thioether (sulfide) groups is 1. The van der Waals surface area contributed by atoms with Crippen LogP contribution in [-0.2, 0) is 0 Å². The van der Waals surface area contributed by atoms with E-state index in [0.717, 1.165) is 16.4 Å². The van der Waals surface area contributed by atoms with Crippen LogP contribution in [0.15, 0.2) is 53.9 Å². The van der Waals surface area contributed by atoms with Gasteiger partial charge in [0.15, 0.2) is 22.4 Å². The third kappa shape index (κ3) is 3.20. The lowest BCUT2D eigenvalue weighted by Gasteiger charge is -2.11. The van der Waals surface area contributed by atoms with Crippen molar-refractivity contribution in [3.8, 4) is 17.2 Å². The maximum Gasteiger partial charge on any atom is 0.231 e. The van der Waals surface area contributed by atoms with E-state index in [1.165, 1.54) is 17.3 Å². The fourth-order valence-electron chi connectivity index (χ4n) is 2.84. The van der Waals surface area contributed by atoms with Crippen molar-refractivity contribution in [2.45, 2.75) is 19.0 Å². The monoisotopic (exact) mass is 366 g/mol. The molecule has 6 heteroatoms. The van der Waals surface area contributed by atoms with Gasteiger partial charge >= 0.3 is 0 Å². The van der Waals surface area contributed by atoms with E-state index in [1.807, 2.05) is 10.8 Å². The predicted octanol–water partition coefficient (Wildman–Crippen LogP) is 4.19. The Morgan fingerprint density at radius 2 is 2.00 bits per heavy atom. The van der Waals surface area contributed by atoms with Gasteiger partial charge in [0, 0.05) is 18.0 Å². The van der Waals surface area contributed by atoms with Gasteiger partial charge < -0.3 is 9.47 Å². The zero-order chi connectivity index (χ0) is 18.1. The van der Waals surface area contributed by atoms with Crippen LogP contribution in [-0.4, -0.2) is 27.9 Å². The van der Waals surface area contributed by atoms with Crippen molar-refractivity contribution in [3.63, 3.8) is 0 Å². The van der Waals surface area contributed by atoms with E-state index >= 15 is 0 Å². The number of Topliss-reactive ketones (excluding diaryl/α,β-unsaturated/α-hetero) is 1. The highest BCUT2D eigenvalue weighted by atomic mass is 32.2. The maximum absolute atomic E-state index is 12.6. The molecule has 0 saturated heterocycles. The molecule has 2 heterocycles. The molecule has 1 aliphatic rings. The molecule has 0 saturated carbocycles.